The Morgan fingerprint density at radius 1 is 1.59 bits per heavy atom. The maximum Gasteiger partial charge on any atom is 0.121 e. The van der Waals surface area contributed by atoms with Crippen molar-refractivity contribution in [1.29, 1.82) is 0 Å². The van der Waals surface area contributed by atoms with Crippen molar-refractivity contribution in [2.45, 2.75) is 19.8 Å². The van der Waals surface area contributed by atoms with Crippen LogP contribution in [-0.2, 0) is 4.79 Å². The van der Waals surface area contributed by atoms with Gasteiger partial charge in [0.05, 0.1) is 0 Å². The standard InChI is InChI=1S/C7H13N.C5H11N3O/c1-7-4-3-5-8(2)6-7;6-2-4-8(7)3-1-5-9/h4H,3,5-6H2,1-2H3;2,4-5H,1,3,6-7H2/b;4-2-. The number of rotatable bonds is 4. The molecule has 5 nitrogen and oxygen atoms in total. The van der Waals surface area contributed by atoms with E-state index in [0.717, 1.165) is 6.29 Å². The quantitative estimate of drug-likeness (QED) is 0.323. The lowest BCUT2D eigenvalue weighted by Crippen LogP contribution is -2.26. The highest BCUT2D eigenvalue weighted by Crippen LogP contribution is 2.04. The third-order valence-electron chi connectivity index (χ3n) is 2.31. The number of carbonyl (C=O) groups is 1. The minimum absolute atomic E-state index is 0.431. The molecule has 0 aromatic carbocycles. The Balaban J connectivity index is 0.000000302. The van der Waals surface area contributed by atoms with Gasteiger partial charge in [-0.3, -0.25) is 0 Å². The third kappa shape index (κ3) is 9.59. The molecule has 1 aliphatic rings. The zero-order valence-corrected chi connectivity index (χ0v) is 10.8. The van der Waals surface area contributed by atoms with E-state index in [0.29, 0.717) is 13.0 Å². The van der Waals surface area contributed by atoms with Gasteiger partial charge < -0.3 is 20.4 Å². The molecular weight excluding hydrogens is 216 g/mol. The highest BCUT2D eigenvalue weighted by Gasteiger charge is 2.02. The van der Waals surface area contributed by atoms with Gasteiger partial charge in [-0.25, -0.2) is 5.84 Å². The van der Waals surface area contributed by atoms with E-state index in [1.54, 1.807) is 0 Å². The van der Waals surface area contributed by atoms with Gasteiger partial charge >= 0.3 is 0 Å². The van der Waals surface area contributed by atoms with E-state index >= 15 is 0 Å². The molecule has 1 heterocycles. The first kappa shape index (κ1) is 15.7. The molecule has 5 heteroatoms. The Kier molecular flexibility index (Phi) is 9.09. The Morgan fingerprint density at radius 3 is 2.71 bits per heavy atom. The van der Waals surface area contributed by atoms with Crippen LogP contribution < -0.4 is 11.6 Å². The van der Waals surface area contributed by atoms with Gasteiger partial charge in [0.2, 0.25) is 0 Å². The number of hydrogen-bond donors (Lipinski definition) is 2. The first-order valence-corrected chi connectivity index (χ1v) is 5.77. The minimum Gasteiger partial charge on any atom is -0.403 e. The van der Waals surface area contributed by atoms with E-state index in [2.05, 4.69) is 24.9 Å². The molecule has 0 atom stereocenters. The molecule has 0 radical (unpaired) electrons. The Bertz CT molecular complexity index is 263. The van der Waals surface area contributed by atoms with E-state index < -0.39 is 0 Å². The van der Waals surface area contributed by atoms with E-state index in [1.807, 2.05) is 0 Å². The van der Waals surface area contributed by atoms with Gasteiger partial charge in [0.15, 0.2) is 0 Å². The Hall–Kier alpha value is -1.33. The molecule has 0 saturated carbocycles. The second-order valence-corrected chi connectivity index (χ2v) is 4.11. The number of nitrogens with two attached hydrogens (primary N) is 2. The summed E-state index contributed by atoms with van der Waals surface area (Å²) in [6.45, 7) is 5.10. The van der Waals surface area contributed by atoms with Crippen LogP contribution in [0, 0.1) is 0 Å². The number of nitrogens with zero attached hydrogens (tertiary/aromatic N) is 2. The zero-order valence-electron chi connectivity index (χ0n) is 10.8. The van der Waals surface area contributed by atoms with Crippen molar-refractivity contribution in [2.75, 3.05) is 26.7 Å². The molecule has 0 spiro atoms. The molecular formula is C12H24N4O. The van der Waals surface area contributed by atoms with Gasteiger partial charge in [0.25, 0.3) is 0 Å². The first-order chi connectivity index (χ1) is 8.10. The smallest absolute Gasteiger partial charge is 0.121 e. The molecule has 0 amide bonds. The average Bonchev–Trinajstić information content (AvgIpc) is 2.27. The van der Waals surface area contributed by atoms with Gasteiger partial charge in [-0.2, -0.15) is 0 Å². The van der Waals surface area contributed by atoms with Crippen molar-refractivity contribution in [1.82, 2.24) is 9.91 Å². The third-order valence-corrected chi connectivity index (χ3v) is 2.31. The van der Waals surface area contributed by atoms with Crippen molar-refractivity contribution in [3.8, 4) is 0 Å². The SMILES string of the molecule is CC1=CCCN(C)C1.N/C=C\N(N)CCC=O. The van der Waals surface area contributed by atoms with E-state index in [-0.39, 0.29) is 0 Å². The molecule has 0 saturated heterocycles. The van der Waals surface area contributed by atoms with Crippen LogP contribution in [0.2, 0.25) is 0 Å². The largest absolute Gasteiger partial charge is 0.403 e. The normalized spacial score (nSPS) is 16.1. The maximum absolute atomic E-state index is 9.78. The highest BCUT2D eigenvalue weighted by atomic mass is 16.1. The predicted molar refractivity (Wildman–Crippen MR) is 70.8 cm³/mol. The number of likely N-dealkylation sites (N-methyl/N-ethyl adjacent to an activating group) is 1. The van der Waals surface area contributed by atoms with Gasteiger partial charge in [0, 0.05) is 38.5 Å². The highest BCUT2D eigenvalue weighted by molar-refractivity contribution is 5.49. The fraction of sp³-hybridized carbons (Fsp3) is 0.583. The number of hydrogen-bond acceptors (Lipinski definition) is 5. The molecule has 0 aliphatic carbocycles. The Morgan fingerprint density at radius 2 is 2.29 bits per heavy atom. The van der Waals surface area contributed by atoms with Crippen molar-refractivity contribution in [3.05, 3.63) is 24.0 Å². The lowest BCUT2D eigenvalue weighted by Gasteiger charge is -2.20. The predicted octanol–water partition coefficient (Wildman–Crippen LogP) is 0.449. The molecule has 0 aromatic rings. The van der Waals surface area contributed by atoms with Crippen LogP contribution in [0.4, 0.5) is 0 Å². The summed E-state index contributed by atoms with van der Waals surface area (Å²) in [5.74, 6) is 5.28. The van der Waals surface area contributed by atoms with Crippen molar-refractivity contribution in [2.24, 2.45) is 11.6 Å². The molecule has 4 N–H and O–H groups in total. The molecule has 98 valence electrons. The molecule has 0 bridgehead atoms. The van der Waals surface area contributed by atoms with Gasteiger partial charge in [-0.15, -0.1) is 0 Å². The molecule has 1 aliphatic heterocycles. The second-order valence-electron chi connectivity index (χ2n) is 4.11. The lowest BCUT2D eigenvalue weighted by molar-refractivity contribution is -0.108. The molecule has 17 heavy (non-hydrogen) atoms. The average molecular weight is 240 g/mol. The van der Waals surface area contributed by atoms with Crippen LogP contribution in [0.25, 0.3) is 0 Å². The van der Waals surface area contributed by atoms with Gasteiger partial charge in [-0.1, -0.05) is 11.6 Å². The Labute approximate surface area is 104 Å². The van der Waals surface area contributed by atoms with E-state index in [9.17, 15) is 4.79 Å². The maximum atomic E-state index is 9.78. The van der Waals surface area contributed by atoms with Crippen molar-refractivity contribution in [3.63, 3.8) is 0 Å². The summed E-state index contributed by atoms with van der Waals surface area (Å²) in [6.07, 6.45) is 7.63. The monoisotopic (exact) mass is 240 g/mol. The first-order valence-electron chi connectivity index (χ1n) is 5.77. The van der Waals surface area contributed by atoms with Crippen molar-refractivity contribution >= 4 is 6.29 Å². The van der Waals surface area contributed by atoms with Crippen LogP contribution in [0.5, 0.6) is 0 Å². The number of carbonyl (C=O) groups excluding carboxylic acids is 1. The summed E-state index contributed by atoms with van der Waals surface area (Å²) in [7, 11) is 2.16. The van der Waals surface area contributed by atoms with Crippen LogP contribution in [-0.4, -0.2) is 42.9 Å². The summed E-state index contributed by atoms with van der Waals surface area (Å²) >= 11 is 0. The molecule has 0 fully saturated rings. The topological polar surface area (TPSA) is 75.6 Å². The summed E-state index contributed by atoms with van der Waals surface area (Å²) in [6, 6.07) is 0. The van der Waals surface area contributed by atoms with E-state index in [4.69, 9.17) is 11.6 Å². The fourth-order valence-electron chi connectivity index (χ4n) is 1.49. The van der Waals surface area contributed by atoms with Crippen molar-refractivity contribution < 1.29 is 4.79 Å². The molecule has 0 unspecified atom stereocenters. The molecule has 1 rings (SSSR count). The van der Waals surface area contributed by atoms with Gasteiger partial charge in [0.1, 0.15) is 6.29 Å². The summed E-state index contributed by atoms with van der Waals surface area (Å²) in [4.78, 5) is 12.1. The second kappa shape index (κ2) is 9.86. The van der Waals surface area contributed by atoms with Crippen LogP contribution in [0.1, 0.15) is 19.8 Å². The summed E-state index contributed by atoms with van der Waals surface area (Å²) in [5.41, 5.74) is 6.52. The van der Waals surface area contributed by atoms with Crippen LogP contribution in [0.3, 0.4) is 0 Å². The number of aldehydes is 1. The summed E-state index contributed by atoms with van der Waals surface area (Å²) < 4.78 is 0. The van der Waals surface area contributed by atoms with Crippen LogP contribution in [0.15, 0.2) is 24.0 Å². The zero-order chi connectivity index (χ0) is 13.1. The van der Waals surface area contributed by atoms with Gasteiger partial charge in [-0.05, 0) is 20.4 Å². The summed E-state index contributed by atoms with van der Waals surface area (Å²) in [5, 5.41) is 1.36. The fourth-order valence-corrected chi connectivity index (χ4v) is 1.49. The van der Waals surface area contributed by atoms with Crippen LogP contribution >= 0.6 is 0 Å². The molecule has 0 aromatic heterocycles. The minimum atomic E-state index is 0.431. The van der Waals surface area contributed by atoms with E-state index in [1.165, 1.54) is 42.5 Å². The lowest BCUT2D eigenvalue weighted by atomic mass is 10.2. The number of hydrazine groups is 1.